The normalized spacial score (nSPS) is 16.5. The van der Waals surface area contributed by atoms with Crippen molar-refractivity contribution < 1.29 is 27.4 Å². The van der Waals surface area contributed by atoms with Gasteiger partial charge in [0.05, 0.1) is 10.6 Å². The first-order chi connectivity index (χ1) is 12.4. The molecule has 0 unspecified atom stereocenters. The largest absolute Gasteiger partial charge is 0.442 e. The fraction of sp³-hybridized carbons (Fsp3) is 0.500. The highest BCUT2D eigenvalue weighted by molar-refractivity contribution is 7.89. The van der Waals surface area contributed by atoms with Gasteiger partial charge in [-0.25, -0.2) is 13.2 Å². The smallest absolute Gasteiger partial charge is 0.428 e. The standard InChI is InChI=1S/C18H25NO6S/c1-4-23-17(24-5-2)8-6-7-15-13-25-18(20)19(15)26(21,22)16-11-9-14(3)10-12-16/h7,9-12,17H,4-6,8,13H2,1-3H3/b15-7-. The first-order valence-electron chi connectivity index (χ1n) is 8.61. The molecule has 0 saturated carbocycles. The van der Waals surface area contributed by atoms with Crippen LogP contribution in [-0.2, 0) is 24.2 Å². The van der Waals surface area contributed by atoms with E-state index in [4.69, 9.17) is 14.2 Å². The number of benzene rings is 1. The van der Waals surface area contributed by atoms with Crippen LogP contribution in [0.25, 0.3) is 0 Å². The Hall–Kier alpha value is -1.90. The number of amides is 1. The lowest BCUT2D eigenvalue weighted by molar-refractivity contribution is -0.138. The molecule has 144 valence electrons. The zero-order valence-corrected chi connectivity index (χ0v) is 16.1. The number of rotatable bonds is 9. The van der Waals surface area contributed by atoms with Crippen LogP contribution in [0.5, 0.6) is 0 Å². The van der Waals surface area contributed by atoms with E-state index in [1.54, 1.807) is 18.2 Å². The van der Waals surface area contributed by atoms with Crippen LogP contribution in [-0.4, -0.2) is 44.9 Å². The van der Waals surface area contributed by atoms with E-state index in [1.807, 2.05) is 20.8 Å². The molecule has 0 aliphatic carbocycles. The molecule has 8 heteroatoms. The average Bonchev–Trinajstić information content (AvgIpc) is 2.97. The highest BCUT2D eigenvalue weighted by atomic mass is 32.2. The van der Waals surface area contributed by atoms with Gasteiger partial charge in [-0.15, -0.1) is 0 Å². The Bertz CT molecular complexity index is 735. The van der Waals surface area contributed by atoms with Gasteiger partial charge >= 0.3 is 6.09 Å². The molecule has 0 bridgehead atoms. The van der Waals surface area contributed by atoms with Crippen LogP contribution in [0.1, 0.15) is 32.3 Å². The number of carbonyl (C=O) groups excluding carboxylic acids is 1. The number of aryl methyl sites for hydroxylation is 1. The second kappa shape index (κ2) is 9.16. The molecule has 0 atom stereocenters. The van der Waals surface area contributed by atoms with Crippen LogP contribution in [0.15, 0.2) is 40.9 Å². The van der Waals surface area contributed by atoms with Gasteiger partial charge in [0, 0.05) is 19.6 Å². The van der Waals surface area contributed by atoms with Crippen LogP contribution in [0.4, 0.5) is 4.79 Å². The Morgan fingerprint density at radius 2 is 1.81 bits per heavy atom. The molecule has 2 rings (SSSR count). The van der Waals surface area contributed by atoms with Crippen molar-refractivity contribution >= 4 is 16.1 Å². The van der Waals surface area contributed by atoms with E-state index in [0.717, 1.165) is 9.87 Å². The topological polar surface area (TPSA) is 82.1 Å². The average molecular weight is 383 g/mol. The monoisotopic (exact) mass is 383 g/mol. The van der Waals surface area contributed by atoms with E-state index in [-0.39, 0.29) is 17.8 Å². The molecule has 1 aromatic rings. The minimum atomic E-state index is -4.00. The maximum absolute atomic E-state index is 12.8. The lowest BCUT2D eigenvalue weighted by Crippen LogP contribution is -2.30. The quantitative estimate of drug-likeness (QED) is 0.609. The summed E-state index contributed by atoms with van der Waals surface area (Å²) in [5.41, 5.74) is 1.24. The fourth-order valence-corrected chi connectivity index (χ4v) is 3.93. The number of hydrogen-bond donors (Lipinski definition) is 0. The van der Waals surface area contributed by atoms with E-state index in [2.05, 4.69) is 0 Å². The van der Waals surface area contributed by atoms with Gasteiger partial charge in [0.2, 0.25) is 0 Å². The highest BCUT2D eigenvalue weighted by Gasteiger charge is 2.38. The molecule has 1 heterocycles. The Morgan fingerprint density at radius 3 is 2.38 bits per heavy atom. The molecule has 0 N–H and O–H groups in total. The maximum atomic E-state index is 12.8. The second-order valence-electron chi connectivity index (χ2n) is 5.75. The van der Waals surface area contributed by atoms with Gasteiger partial charge in [-0.3, -0.25) is 0 Å². The van der Waals surface area contributed by atoms with Crippen LogP contribution in [0.3, 0.4) is 0 Å². The van der Waals surface area contributed by atoms with Crippen LogP contribution in [0, 0.1) is 6.92 Å². The minimum Gasteiger partial charge on any atom is -0.442 e. The summed E-state index contributed by atoms with van der Waals surface area (Å²) in [6, 6.07) is 6.33. The predicted octanol–water partition coefficient (Wildman–Crippen LogP) is 3.20. The lowest BCUT2D eigenvalue weighted by Gasteiger charge is -2.17. The summed E-state index contributed by atoms with van der Waals surface area (Å²) in [6.45, 7) is 6.60. The Kier molecular flexibility index (Phi) is 7.19. The summed E-state index contributed by atoms with van der Waals surface area (Å²) in [7, 11) is -4.00. The summed E-state index contributed by atoms with van der Waals surface area (Å²) >= 11 is 0. The van der Waals surface area contributed by atoms with Crippen molar-refractivity contribution in [1.29, 1.82) is 0 Å². The van der Waals surface area contributed by atoms with Gasteiger partial charge in [0.15, 0.2) is 6.29 Å². The van der Waals surface area contributed by atoms with Gasteiger partial charge in [-0.1, -0.05) is 23.8 Å². The van der Waals surface area contributed by atoms with Crippen molar-refractivity contribution in [2.45, 2.75) is 44.8 Å². The van der Waals surface area contributed by atoms with Crippen LogP contribution < -0.4 is 0 Å². The highest BCUT2D eigenvalue weighted by Crippen LogP contribution is 2.27. The summed E-state index contributed by atoms with van der Waals surface area (Å²) in [5, 5.41) is 0. The summed E-state index contributed by atoms with van der Waals surface area (Å²) < 4.78 is 42.2. The number of nitrogens with zero attached hydrogens (tertiary/aromatic N) is 1. The van der Waals surface area contributed by atoms with Gasteiger partial charge in [-0.05, 0) is 39.3 Å². The van der Waals surface area contributed by atoms with Crippen LogP contribution >= 0.6 is 0 Å². The number of cyclic esters (lactones) is 1. The first-order valence-corrected chi connectivity index (χ1v) is 10.0. The molecular weight excluding hydrogens is 358 g/mol. The molecule has 1 saturated heterocycles. The Morgan fingerprint density at radius 1 is 1.19 bits per heavy atom. The van der Waals surface area contributed by atoms with Crippen molar-refractivity contribution in [2.75, 3.05) is 19.8 Å². The molecule has 1 aliphatic rings. The molecule has 1 amide bonds. The molecule has 0 aromatic heterocycles. The third-order valence-electron chi connectivity index (χ3n) is 3.82. The molecule has 7 nitrogen and oxygen atoms in total. The fourth-order valence-electron chi connectivity index (χ4n) is 2.55. The van der Waals surface area contributed by atoms with Crippen molar-refractivity contribution in [3.8, 4) is 0 Å². The summed E-state index contributed by atoms with van der Waals surface area (Å²) in [5.74, 6) is 0. The van der Waals surface area contributed by atoms with Crippen molar-refractivity contribution in [3.63, 3.8) is 0 Å². The van der Waals surface area contributed by atoms with Crippen molar-refractivity contribution in [1.82, 2.24) is 4.31 Å². The molecular formula is C18H25NO6S. The molecule has 26 heavy (non-hydrogen) atoms. The second-order valence-corrected chi connectivity index (χ2v) is 7.54. The number of sulfonamides is 1. The van der Waals surface area contributed by atoms with Crippen LogP contribution in [0.2, 0.25) is 0 Å². The van der Waals surface area contributed by atoms with E-state index >= 15 is 0 Å². The molecule has 1 fully saturated rings. The van der Waals surface area contributed by atoms with E-state index in [0.29, 0.717) is 31.8 Å². The molecule has 1 aliphatic heterocycles. The summed E-state index contributed by atoms with van der Waals surface area (Å²) in [4.78, 5) is 12.1. The SMILES string of the molecule is CCOC(CC/C=C1/COC(=O)N1S(=O)(=O)c1ccc(C)cc1)OCC. The third kappa shape index (κ3) is 4.84. The minimum absolute atomic E-state index is 0.0503. The summed E-state index contributed by atoms with van der Waals surface area (Å²) in [6.07, 6.45) is 1.49. The molecule has 1 aromatic carbocycles. The van der Waals surface area contributed by atoms with Gasteiger partial charge < -0.3 is 14.2 Å². The number of hydrogen-bond acceptors (Lipinski definition) is 6. The predicted molar refractivity (Wildman–Crippen MR) is 95.9 cm³/mol. The first kappa shape index (κ1) is 20.4. The van der Waals surface area contributed by atoms with Crippen molar-refractivity contribution in [3.05, 3.63) is 41.6 Å². The zero-order valence-electron chi connectivity index (χ0n) is 15.3. The van der Waals surface area contributed by atoms with Crippen molar-refractivity contribution in [2.24, 2.45) is 0 Å². The number of allylic oxidation sites excluding steroid dienone is 1. The maximum Gasteiger partial charge on any atom is 0.428 e. The van der Waals surface area contributed by atoms with Gasteiger partial charge in [-0.2, -0.15) is 4.31 Å². The van der Waals surface area contributed by atoms with Gasteiger partial charge in [0.25, 0.3) is 10.0 Å². The number of carbonyl (C=O) groups is 1. The molecule has 0 spiro atoms. The lowest BCUT2D eigenvalue weighted by atomic mass is 10.2. The third-order valence-corrected chi connectivity index (χ3v) is 5.55. The number of ether oxygens (including phenoxy) is 3. The Labute approximate surface area is 154 Å². The Balaban J connectivity index is 2.15. The zero-order chi connectivity index (χ0) is 19.2. The van der Waals surface area contributed by atoms with E-state index < -0.39 is 16.1 Å². The molecule has 0 radical (unpaired) electrons. The van der Waals surface area contributed by atoms with E-state index in [1.165, 1.54) is 12.1 Å². The van der Waals surface area contributed by atoms with E-state index in [9.17, 15) is 13.2 Å². The van der Waals surface area contributed by atoms with Gasteiger partial charge in [0.1, 0.15) is 6.61 Å².